The summed E-state index contributed by atoms with van der Waals surface area (Å²) in [6.07, 6.45) is 0.216. The van der Waals surface area contributed by atoms with Crippen LogP contribution < -0.4 is 0 Å². The van der Waals surface area contributed by atoms with Gasteiger partial charge in [-0.1, -0.05) is 31.0 Å². The molecule has 3 nitrogen and oxygen atoms in total. The monoisotopic (exact) mass is 342 g/mol. The molecule has 0 atom stereocenters. The van der Waals surface area contributed by atoms with E-state index in [2.05, 4.69) is 4.90 Å². The predicted molar refractivity (Wildman–Crippen MR) is 87.7 cm³/mol. The molecule has 1 saturated carbocycles. The summed E-state index contributed by atoms with van der Waals surface area (Å²) in [4.78, 5) is 16.0. The molecule has 134 valence electrons. The molecule has 1 aromatic carbocycles. The van der Waals surface area contributed by atoms with Crippen LogP contribution in [0.25, 0.3) is 0 Å². The Labute approximate surface area is 141 Å². The van der Waals surface area contributed by atoms with E-state index in [4.69, 9.17) is 0 Å². The molecule has 1 amide bonds. The second-order valence-electron chi connectivity index (χ2n) is 6.57. The van der Waals surface area contributed by atoms with E-state index in [1.54, 1.807) is 7.05 Å². The molecule has 1 aliphatic carbocycles. The van der Waals surface area contributed by atoms with Crippen molar-refractivity contribution in [3.8, 4) is 0 Å². The fourth-order valence-electron chi connectivity index (χ4n) is 3.21. The summed E-state index contributed by atoms with van der Waals surface area (Å²) in [5, 5.41) is 0. The molecule has 2 rings (SSSR count). The van der Waals surface area contributed by atoms with Crippen LogP contribution in [0.15, 0.2) is 24.3 Å². The molecule has 0 aromatic heterocycles. The van der Waals surface area contributed by atoms with E-state index in [0.29, 0.717) is 12.6 Å². The van der Waals surface area contributed by atoms with Gasteiger partial charge in [-0.2, -0.15) is 13.2 Å². The van der Waals surface area contributed by atoms with Crippen LogP contribution in [0.5, 0.6) is 0 Å². The standard InChI is InChI=1S/C18H25F3N2O/c1-22(15-8-4-5-9-15)11-12-23(2)17(24)13-14-7-3-6-10-16(14)18(19,20)21/h3,6-7,10,15H,4-5,8-9,11-13H2,1-2H3. The van der Waals surface area contributed by atoms with Gasteiger partial charge in [0.25, 0.3) is 0 Å². The van der Waals surface area contributed by atoms with Gasteiger partial charge < -0.3 is 9.80 Å². The van der Waals surface area contributed by atoms with Crippen LogP contribution in [-0.4, -0.2) is 48.9 Å². The van der Waals surface area contributed by atoms with Crippen molar-refractivity contribution in [3.63, 3.8) is 0 Å². The number of amides is 1. The number of likely N-dealkylation sites (N-methyl/N-ethyl adjacent to an activating group) is 2. The second-order valence-corrected chi connectivity index (χ2v) is 6.57. The Balaban J connectivity index is 1.90. The molecule has 0 heterocycles. The van der Waals surface area contributed by atoms with Gasteiger partial charge in [-0.3, -0.25) is 4.79 Å². The van der Waals surface area contributed by atoms with Crippen LogP contribution in [0.3, 0.4) is 0 Å². The predicted octanol–water partition coefficient (Wildman–Crippen LogP) is 3.58. The van der Waals surface area contributed by atoms with E-state index >= 15 is 0 Å². The smallest absolute Gasteiger partial charge is 0.344 e. The summed E-state index contributed by atoms with van der Waals surface area (Å²) in [7, 11) is 3.70. The largest absolute Gasteiger partial charge is 0.416 e. The third-order valence-corrected chi connectivity index (χ3v) is 4.83. The van der Waals surface area contributed by atoms with Gasteiger partial charge in [0.05, 0.1) is 12.0 Å². The van der Waals surface area contributed by atoms with Gasteiger partial charge in [0, 0.05) is 26.2 Å². The van der Waals surface area contributed by atoms with Crippen LogP contribution in [0.4, 0.5) is 13.2 Å². The molecule has 0 saturated heterocycles. The Bertz CT molecular complexity index is 553. The van der Waals surface area contributed by atoms with E-state index in [-0.39, 0.29) is 17.9 Å². The SMILES string of the molecule is CN(CCN(C)C1CCCC1)C(=O)Cc1ccccc1C(F)(F)F. The highest BCUT2D eigenvalue weighted by Crippen LogP contribution is 2.32. The normalized spacial score (nSPS) is 15.9. The molecule has 0 radical (unpaired) electrons. The second kappa shape index (κ2) is 8.01. The summed E-state index contributed by atoms with van der Waals surface area (Å²) in [6, 6.07) is 5.85. The molecule has 6 heteroatoms. The Morgan fingerprint density at radius 2 is 1.75 bits per heavy atom. The third-order valence-electron chi connectivity index (χ3n) is 4.83. The maximum Gasteiger partial charge on any atom is 0.416 e. The molecule has 24 heavy (non-hydrogen) atoms. The molecular weight excluding hydrogens is 317 g/mol. The van der Waals surface area contributed by atoms with Crippen molar-refractivity contribution in [2.24, 2.45) is 0 Å². The van der Waals surface area contributed by atoms with Crippen molar-refractivity contribution >= 4 is 5.91 Å². The summed E-state index contributed by atoms with van der Waals surface area (Å²) < 4.78 is 39.0. The first-order chi connectivity index (χ1) is 11.3. The molecule has 0 aliphatic heterocycles. The molecule has 0 unspecified atom stereocenters. The van der Waals surface area contributed by atoms with Crippen molar-refractivity contribution in [3.05, 3.63) is 35.4 Å². The highest BCUT2D eigenvalue weighted by Gasteiger charge is 2.33. The van der Waals surface area contributed by atoms with Crippen molar-refractivity contribution in [2.45, 2.75) is 44.3 Å². The molecule has 0 N–H and O–H groups in total. The lowest BCUT2D eigenvalue weighted by molar-refractivity contribution is -0.138. The van der Waals surface area contributed by atoms with Crippen LogP contribution in [0.2, 0.25) is 0 Å². The summed E-state index contributed by atoms with van der Waals surface area (Å²) in [6.45, 7) is 1.27. The van der Waals surface area contributed by atoms with E-state index in [9.17, 15) is 18.0 Å². The Hall–Kier alpha value is -1.56. The Morgan fingerprint density at radius 1 is 1.12 bits per heavy atom. The quantitative estimate of drug-likeness (QED) is 0.789. The highest BCUT2D eigenvalue weighted by molar-refractivity contribution is 5.79. The van der Waals surface area contributed by atoms with Gasteiger partial charge >= 0.3 is 6.18 Å². The average molecular weight is 342 g/mol. The lowest BCUT2D eigenvalue weighted by atomic mass is 10.0. The first-order valence-corrected chi connectivity index (χ1v) is 8.38. The van der Waals surface area contributed by atoms with Crippen molar-refractivity contribution in [1.82, 2.24) is 9.80 Å². The number of alkyl halides is 3. The molecule has 1 fully saturated rings. The van der Waals surface area contributed by atoms with Gasteiger partial charge in [-0.15, -0.1) is 0 Å². The summed E-state index contributed by atoms with van der Waals surface area (Å²) >= 11 is 0. The minimum atomic E-state index is -4.43. The molecule has 1 aromatic rings. The van der Waals surface area contributed by atoms with Crippen LogP contribution >= 0.6 is 0 Å². The van der Waals surface area contributed by atoms with Crippen molar-refractivity contribution < 1.29 is 18.0 Å². The number of hydrogen-bond acceptors (Lipinski definition) is 2. The molecular formula is C18H25F3N2O. The molecule has 1 aliphatic rings. The van der Waals surface area contributed by atoms with Crippen LogP contribution in [0.1, 0.15) is 36.8 Å². The van der Waals surface area contributed by atoms with Crippen molar-refractivity contribution in [1.29, 1.82) is 0 Å². The lowest BCUT2D eigenvalue weighted by Crippen LogP contribution is -2.39. The third kappa shape index (κ3) is 4.97. The average Bonchev–Trinajstić information content (AvgIpc) is 3.06. The van der Waals surface area contributed by atoms with E-state index in [0.717, 1.165) is 12.6 Å². The minimum Gasteiger partial charge on any atom is -0.344 e. The number of benzene rings is 1. The number of carbonyl (C=O) groups excluding carboxylic acids is 1. The lowest BCUT2D eigenvalue weighted by Gasteiger charge is -2.27. The van der Waals surface area contributed by atoms with E-state index in [1.165, 1.54) is 48.8 Å². The first kappa shape index (κ1) is 18.8. The number of halogens is 3. The first-order valence-electron chi connectivity index (χ1n) is 8.38. The maximum atomic E-state index is 13.0. The zero-order valence-corrected chi connectivity index (χ0v) is 14.3. The van der Waals surface area contributed by atoms with Crippen LogP contribution in [-0.2, 0) is 17.4 Å². The molecule has 0 bridgehead atoms. The van der Waals surface area contributed by atoms with Gasteiger partial charge in [0.1, 0.15) is 0 Å². The summed E-state index contributed by atoms with van der Waals surface area (Å²) in [5.41, 5.74) is -0.694. The Morgan fingerprint density at radius 3 is 2.38 bits per heavy atom. The topological polar surface area (TPSA) is 23.6 Å². The van der Waals surface area contributed by atoms with Crippen LogP contribution in [0, 0.1) is 0 Å². The fourth-order valence-corrected chi connectivity index (χ4v) is 3.21. The summed E-state index contributed by atoms with van der Waals surface area (Å²) in [5.74, 6) is -0.286. The van der Waals surface area contributed by atoms with Crippen molar-refractivity contribution in [2.75, 3.05) is 27.2 Å². The zero-order valence-electron chi connectivity index (χ0n) is 14.3. The number of hydrogen-bond donors (Lipinski definition) is 0. The number of rotatable bonds is 6. The Kier molecular flexibility index (Phi) is 6.27. The van der Waals surface area contributed by atoms with Gasteiger partial charge in [-0.05, 0) is 31.5 Å². The molecule has 0 spiro atoms. The van der Waals surface area contributed by atoms with Gasteiger partial charge in [-0.25, -0.2) is 0 Å². The van der Waals surface area contributed by atoms with E-state index in [1.807, 2.05) is 7.05 Å². The minimum absolute atomic E-state index is 0.0333. The maximum absolute atomic E-state index is 13.0. The highest BCUT2D eigenvalue weighted by atomic mass is 19.4. The van der Waals surface area contributed by atoms with Gasteiger partial charge in [0.2, 0.25) is 5.91 Å². The zero-order chi connectivity index (χ0) is 17.7. The number of carbonyl (C=O) groups is 1. The fraction of sp³-hybridized carbons (Fsp3) is 0.611. The number of nitrogens with zero attached hydrogens (tertiary/aromatic N) is 2. The van der Waals surface area contributed by atoms with E-state index < -0.39 is 11.7 Å². The van der Waals surface area contributed by atoms with Gasteiger partial charge in [0.15, 0.2) is 0 Å².